The molecule has 94 valence electrons. The number of rotatable bonds is 5. The highest BCUT2D eigenvalue weighted by molar-refractivity contribution is 5.19. The van der Waals surface area contributed by atoms with Gasteiger partial charge in [-0.25, -0.2) is 0 Å². The monoisotopic (exact) mass is 241 g/mol. The van der Waals surface area contributed by atoms with E-state index in [-0.39, 0.29) is 6.04 Å². The Bertz CT molecular complexity index is 455. The van der Waals surface area contributed by atoms with Crippen LogP contribution < -0.4 is 5.32 Å². The molecule has 2 atom stereocenters. The van der Waals surface area contributed by atoms with Gasteiger partial charge in [0.2, 0.25) is 0 Å². The highest BCUT2D eigenvalue weighted by Crippen LogP contribution is 2.16. The number of hydrogen-bond acceptors (Lipinski definition) is 2. The zero-order chi connectivity index (χ0) is 12.8. The molecule has 0 aliphatic rings. The van der Waals surface area contributed by atoms with E-state index in [0.29, 0.717) is 0 Å². The van der Waals surface area contributed by atoms with E-state index in [4.69, 9.17) is 0 Å². The maximum Gasteiger partial charge on any atom is 0.0940 e. The first-order valence-corrected chi connectivity index (χ1v) is 6.27. The van der Waals surface area contributed by atoms with E-state index < -0.39 is 6.10 Å². The van der Waals surface area contributed by atoms with Crippen LogP contribution >= 0.6 is 0 Å². The highest BCUT2D eigenvalue weighted by Gasteiger charge is 2.15. The van der Waals surface area contributed by atoms with E-state index in [1.54, 1.807) is 0 Å². The molecule has 2 nitrogen and oxygen atoms in total. The second-order valence-corrected chi connectivity index (χ2v) is 4.51. The Hall–Kier alpha value is -1.64. The number of hydrogen-bond donors (Lipinski definition) is 2. The van der Waals surface area contributed by atoms with E-state index in [2.05, 4.69) is 17.4 Å². The molecule has 2 aromatic carbocycles. The zero-order valence-electron chi connectivity index (χ0n) is 10.6. The lowest BCUT2D eigenvalue weighted by atomic mass is 10.0. The second-order valence-electron chi connectivity index (χ2n) is 4.51. The summed E-state index contributed by atoms with van der Waals surface area (Å²) in [5, 5.41) is 13.6. The molecule has 18 heavy (non-hydrogen) atoms. The molecular weight excluding hydrogens is 222 g/mol. The van der Waals surface area contributed by atoms with Crippen molar-refractivity contribution < 1.29 is 5.11 Å². The van der Waals surface area contributed by atoms with Crippen molar-refractivity contribution in [3.63, 3.8) is 0 Å². The number of nitrogens with one attached hydrogen (secondary N) is 1. The van der Waals surface area contributed by atoms with Gasteiger partial charge in [-0.2, -0.15) is 0 Å². The van der Waals surface area contributed by atoms with Crippen LogP contribution in [0, 0.1) is 0 Å². The fraction of sp³-hybridized carbons (Fsp3) is 0.250. The molecule has 0 aliphatic carbocycles. The van der Waals surface area contributed by atoms with E-state index in [1.165, 1.54) is 5.56 Å². The second kappa shape index (κ2) is 6.34. The Kier molecular flexibility index (Phi) is 4.51. The van der Waals surface area contributed by atoms with Crippen molar-refractivity contribution >= 4 is 0 Å². The molecule has 0 amide bonds. The van der Waals surface area contributed by atoms with E-state index in [1.807, 2.05) is 55.5 Å². The van der Waals surface area contributed by atoms with Gasteiger partial charge in [-0.05, 0) is 18.1 Å². The lowest BCUT2D eigenvalue weighted by Gasteiger charge is -2.20. The Morgan fingerprint density at radius 2 is 1.50 bits per heavy atom. The molecule has 0 bridgehead atoms. The molecule has 1 unspecified atom stereocenters. The molecule has 0 saturated heterocycles. The molecule has 0 fully saturated rings. The van der Waals surface area contributed by atoms with Gasteiger partial charge in [0.25, 0.3) is 0 Å². The van der Waals surface area contributed by atoms with Crippen molar-refractivity contribution in [2.45, 2.75) is 25.6 Å². The fourth-order valence-electron chi connectivity index (χ4n) is 1.93. The Morgan fingerprint density at radius 1 is 0.944 bits per heavy atom. The number of aliphatic hydroxyl groups excluding tert-OH is 1. The Balaban J connectivity index is 1.90. The minimum atomic E-state index is -0.477. The summed E-state index contributed by atoms with van der Waals surface area (Å²) in [7, 11) is 0. The predicted octanol–water partition coefficient (Wildman–Crippen LogP) is 2.90. The maximum absolute atomic E-state index is 10.2. The fourth-order valence-corrected chi connectivity index (χ4v) is 1.93. The molecule has 2 heteroatoms. The minimum Gasteiger partial charge on any atom is -0.387 e. The zero-order valence-corrected chi connectivity index (χ0v) is 10.6. The average molecular weight is 241 g/mol. The lowest BCUT2D eigenvalue weighted by molar-refractivity contribution is 0.135. The van der Waals surface area contributed by atoms with Gasteiger partial charge >= 0.3 is 0 Å². The SMILES string of the molecule is C[C@H](NCc1ccccc1)C(O)c1ccccc1. The predicted molar refractivity (Wildman–Crippen MR) is 74.1 cm³/mol. The average Bonchev–Trinajstić information content (AvgIpc) is 2.46. The number of benzene rings is 2. The first-order chi connectivity index (χ1) is 8.77. The molecule has 0 heterocycles. The molecule has 2 rings (SSSR count). The van der Waals surface area contributed by atoms with Crippen molar-refractivity contribution in [1.29, 1.82) is 0 Å². The Labute approximate surface area is 108 Å². The van der Waals surface area contributed by atoms with Crippen LogP contribution in [0.1, 0.15) is 24.2 Å². The third-order valence-corrected chi connectivity index (χ3v) is 3.09. The standard InChI is InChI=1S/C16H19NO/c1-13(16(18)15-10-6-3-7-11-15)17-12-14-8-4-2-5-9-14/h2-11,13,16-18H,12H2,1H3/t13-,16?/m0/s1. The topological polar surface area (TPSA) is 32.3 Å². The van der Waals surface area contributed by atoms with Crippen molar-refractivity contribution in [2.75, 3.05) is 0 Å². The van der Waals surface area contributed by atoms with Gasteiger partial charge in [0.1, 0.15) is 0 Å². The molecule has 2 N–H and O–H groups in total. The van der Waals surface area contributed by atoms with Crippen molar-refractivity contribution in [3.05, 3.63) is 71.8 Å². The smallest absolute Gasteiger partial charge is 0.0940 e. The van der Waals surface area contributed by atoms with Crippen LogP contribution in [0.3, 0.4) is 0 Å². The van der Waals surface area contributed by atoms with Crippen LogP contribution in [-0.2, 0) is 6.54 Å². The quantitative estimate of drug-likeness (QED) is 0.843. The summed E-state index contributed by atoms with van der Waals surface area (Å²) < 4.78 is 0. The van der Waals surface area contributed by atoms with Crippen LogP contribution in [0.4, 0.5) is 0 Å². The maximum atomic E-state index is 10.2. The van der Waals surface area contributed by atoms with Crippen LogP contribution in [0.5, 0.6) is 0 Å². The van der Waals surface area contributed by atoms with Crippen LogP contribution in [0.15, 0.2) is 60.7 Å². The molecular formula is C16H19NO. The van der Waals surface area contributed by atoms with E-state index >= 15 is 0 Å². The first kappa shape index (κ1) is 12.8. The first-order valence-electron chi connectivity index (χ1n) is 6.27. The summed E-state index contributed by atoms with van der Waals surface area (Å²) in [6, 6.07) is 20.0. The number of aliphatic hydroxyl groups is 1. The van der Waals surface area contributed by atoms with Crippen molar-refractivity contribution in [1.82, 2.24) is 5.32 Å². The largest absolute Gasteiger partial charge is 0.387 e. The highest BCUT2D eigenvalue weighted by atomic mass is 16.3. The third kappa shape index (κ3) is 3.42. The summed E-state index contributed by atoms with van der Waals surface area (Å²) in [5.74, 6) is 0. The van der Waals surface area contributed by atoms with Gasteiger partial charge in [-0.1, -0.05) is 60.7 Å². The van der Waals surface area contributed by atoms with Crippen molar-refractivity contribution in [3.8, 4) is 0 Å². The third-order valence-electron chi connectivity index (χ3n) is 3.09. The minimum absolute atomic E-state index is 0.0209. The van der Waals surface area contributed by atoms with Crippen LogP contribution in [-0.4, -0.2) is 11.1 Å². The van der Waals surface area contributed by atoms with Gasteiger partial charge in [0, 0.05) is 12.6 Å². The molecule has 0 spiro atoms. The van der Waals surface area contributed by atoms with Gasteiger partial charge in [0.15, 0.2) is 0 Å². The summed E-state index contributed by atoms with van der Waals surface area (Å²) in [6.07, 6.45) is -0.477. The normalized spacial score (nSPS) is 14.1. The lowest BCUT2D eigenvalue weighted by Crippen LogP contribution is -2.31. The summed E-state index contributed by atoms with van der Waals surface area (Å²) in [5.41, 5.74) is 2.18. The summed E-state index contributed by atoms with van der Waals surface area (Å²) in [4.78, 5) is 0. The van der Waals surface area contributed by atoms with Crippen LogP contribution in [0.2, 0.25) is 0 Å². The summed E-state index contributed by atoms with van der Waals surface area (Å²) in [6.45, 7) is 2.77. The molecule has 0 aromatic heterocycles. The Morgan fingerprint density at radius 3 is 2.11 bits per heavy atom. The van der Waals surface area contributed by atoms with Crippen LogP contribution in [0.25, 0.3) is 0 Å². The summed E-state index contributed by atoms with van der Waals surface area (Å²) >= 11 is 0. The van der Waals surface area contributed by atoms with Crippen molar-refractivity contribution in [2.24, 2.45) is 0 Å². The molecule has 0 radical (unpaired) electrons. The van der Waals surface area contributed by atoms with E-state index in [0.717, 1.165) is 12.1 Å². The van der Waals surface area contributed by atoms with Gasteiger partial charge in [0.05, 0.1) is 6.10 Å². The van der Waals surface area contributed by atoms with Gasteiger partial charge < -0.3 is 10.4 Å². The molecule has 2 aromatic rings. The molecule has 0 aliphatic heterocycles. The molecule has 0 saturated carbocycles. The van der Waals surface area contributed by atoms with E-state index in [9.17, 15) is 5.11 Å². The van der Waals surface area contributed by atoms with Gasteiger partial charge in [-0.15, -0.1) is 0 Å². The van der Waals surface area contributed by atoms with Gasteiger partial charge in [-0.3, -0.25) is 0 Å².